The minimum atomic E-state index is -0.511. The van der Waals surface area contributed by atoms with E-state index in [4.69, 9.17) is 16.2 Å². The van der Waals surface area contributed by atoms with Gasteiger partial charge in [0.25, 0.3) is 5.91 Å². The van der Waals surface area contributed by atoms with Crippen LogP contribution in [0.15, 0.2) is 48.5 Å². The fraction of sp³-hybridized carbons (Fsp3) is 0.133. The van der Waals surface area contributed by atoms with Gasteiger partial charge in [0.1, 0.15) is 11.5 Å². The fourth-order valence-corrected chi connectivity index (χ4v) is 1.73. The minimum Gasteiger partial charge on any atom is -0.457 e. The maximum absolute atomic E-state index is 11.3. The minimum absolute atomic E-state index is 0.0213. The first kappa shape index (κ1) is 13.1. The summed E-state index contributed by atoms with van der Waals surface area (Å²) in [7, 11) is 0. The van der Waals surface area contributed by atoms with Gasteiger partial charge >= 0.3 is 0 Å². The first-order chi connectivity index (χ1) is 9.08. The summed E-state index contributed by atoms with van der Waals surface area (Å²) < 4.78 is 5.66. The second kappa shape index (κ2) is 5.54. The highest BCUT2D eigenvalue weighted by atomic mass is 16.5. The Hall–Kier alpha value is -2.33. The lowest BCUT2D eigenvalue weighted by Gasteiger charge is -2.10. The Morgan fingerprint density at radius 2 is 1.74 bits per heavy atom. The number of carbonyl (C=O) groups excluding carboxylic acids is 1. The van der Waals surface area contributed by atoms with E-state index in [-0.39, 0.29) is 6.04 Å². The highest BCUT2D eigenvalue weighted by molar-refractivity contribution is 5.95. The largest absolute Gasteiger partial charge is 0.457 e. The molecule has 2 aromatic rings. The fourth-order valence-electron chi connectivity index (χ4n) is 1.73. The lowest BCUT2D eigenvalue weighted by atomic mass is 10.1. The number of hydrogen-bond donors (Lipinski definition) is 2. The van der Waals surface area contributed by atoms with Crippen LogP contribution in [0.4, 0.5) is 0 Å². The van der Waals surface area contributed by atoms with Crippen molar-refractivity contribution < 1.29 is 9.53 Å². The molecule has 4 N–H and O–H groups in total. The average molecular weight is 256 g/mol. The van der Waals surface area contributed by atoms with E-state index in [1.54, 1.807) is 24.3 Å². The van der Waals surface area contributed by atoms with Crippen LogP contribution in [0.2, 0.25) is 0 Å². The third kappa shape index (κ3) is 3.11. The van der Waals surface area contributed by atoms with E-state index in [1.165, 1.54) is 0 Å². The third-order valence-corrected chi connectivity index (χ3v) is 2.79. The molecule has 0 unspecified atom stereocenters. The summed E-state index contributed by atoms with van der Waals surface area (Å²) in [5.41, 5.74) is 12.5. The zero-order chi connectivity index (χ0) is 13.8. The second-order valence-corrected chi connectivity index (χ2v) is 4.32. The van der Waals surface area contributed by atoms with E-state index >= 15 is 0 Å². The number of para-hydroxylation sites is 1. The molecule has 1 atom stereocenters. The van der Waals surface area contributed by atoms with E-state index in [0.717, 1.165) is 5.56 Å². The standard InChI is InChI=1S/C15H16N2O2/c1-10(16)11-6-8-12(9-7-11)19-14-5-3-2-4-13(14)15(17)18/h2-10H,16H2,1H3,(H2,17,18)/t10-/m1/s1. The molecule has 4 heteroatoms. The van der Waals surface area contributed by atoms with Crippen molar-refractivity contribution in [2.75, 3.05) is 0 Å². The molecule has 0 radical (unpaired) electrons. The van der Waals surface area contributed by atoms with Gasteiger partial charge in [-0.3, -0.25) is 4.79 Å². The summed E-state index contributed by atoms with van der Waals surface area (Å²) >= 11 is 0. The van der Waals surface area contributed by atoms with Crippen LogP contribution in [-0.4, -0.2) is 5.91 Å². The molecule has 0 spiro atoms. The van der Waals surface area contributed by atoms with Crippen molar-refractivity contribution in [1.82, 2.24) is 0 Å². The molecule has 2 aromatic carbocycles. The quantitative estimate of drug-likeness (QED) is 0.882. The normalized spacial score (nSPS) is 11.9. The molecule has 0 aliphatic rings. The molecule has 98 valence electrons. The van der Waals surface area contributed by atoms with Gasteiger partial charge in [0.05, 0.1) is 5.56 Å². The molecular formula is C15H16N2O2. The van der Waals surface area contributed by atoms with Gasteiger partial charge in [-0.1, -0.05) is 24.3 Å². The maximum atomic E-state index is 11.3. The smallest absolute Gasteiger partial charge is 0.252 e. The molecule has 0 aliphatic heterocycles. The SMILES string of the molecule is C[C@@H](N)c1ccc(Oc2ccccc2C(N)=O)cc1. The molecule has 0 saturated heterocycles. The van der Waals surface area contributed by atoms with Gasteiger partial charge in [-0.05, 0) is 36.8 Å². The number of benzene rings is 2. The summed E-state index contributed by atoms with van der Waals surface area (Å²) in [6.45, 7) is 1.91. The zero-order valence-electron chi connectivity index (χ0n) is 10.7. The third-order valence-electron chi connectivity index (χ3n) is 2.79. The first-order valence-electron chi connectivity index (χ1n) is 6.00. The van der Waals surface area contributed by atoms with Gasteiger partial charge in [-0.2, -0.15) is 0 Å². The molecule has 0 aromatic heterocycles. The molecule has 0 fully saturated rings. The molecule has 0 saturated carbocycles. The average Bonchev–Trinajstić information content (AvgIpc) is 2.39. The Morgan fingerprint density at radius 3 is 2.32 bits per heavy atom. The van der Waals surface area contributed by atoms with Crippen molar-refractivity contribution >= 4 is 5.91 Å². The van der Waals surface area contributed by atoms with Gasteiger partial charge < -0.3 is 16.2 Å². The number of hydrogen-bond acceptors (Lipinski definition) is 3. The molecule has 1 amide bonds. The second-order valence-electron chi connectivity index (χ2n) is 4.32. The predicted molar refractivity (Wildman–Crippen MR) is 74.1 cm³/mol. The molecule has 4 nitrogen and oxygen atoms in total. The number of carbonyl (C=O) groups is 1. The van der Waals surface area contributed by atoms with Gasteiger partial charge in [0, 0.05) is 6.04 Å². The monoisotopic (exact) mass is 256 g/mol. The van der Waals surface area contributed by atoms with Crippen molar-refractivity contribution in [2.45, 2.75) is 13.0 Å². The number of rotatable bonds is 4. The highest BCUT2D eigenvalue weighted by Gasteiger charge is 2.09. The zero-order valence-corrected chi connectivity index (χ0v) is 10.7. The van der Waals surface area contributed by atoms with Crippen LogP contribution in [0.3, 0.4) is 0 Å². The highest BCUT2D eigenvalue weighted by Crippen LogP contribution is 2.25. The molecular weight excluding hydrogens is 240 g/mol. The van der Waals surface area contributed by atoms with Crippen molar-refractivity contribution in [3.8, 4) is 11.5 Å². The number of amides is 1. The van der Waals surface area contributed by atoms with Gasteiger partial charge in [0.15, 0.2) is 0 Å². The molecule has 0 aliphatic carbocycles. The Morgan fingerprint density at radius 1 is 1.11 bits per heavy atom. The van der Waals surface area contributed by atoms with Crippen LogP contribution in [0.5, 0.6) is 11.5 Å². The van der Waals surface area contributed by atoms with Gasteiger partial charge in [-0.15, -0.1) is 0 Å². The first-order valence-corrected chi connectivity index (χ1v) is 6.00. The molecule has 0 heterocycles. The summed E-state index contributed by atoms with van der Waals surface area (Å²) in [6.07, 6.45) is 0. The maximum Gasteiger partial charge on any atom is 0.252 e. The summed E-state index contributed by atoms with van der Waals surface area (Å²) in [6, 6.07) is 14.3. The Balaban J connectivity index is 2.24. The van der Waals surface area contributed by atoms with E-state index < -0.39 is 5.91 Å². The van der Waals surface area contributed by atoms with E-state index in [0.29, 0.717) is 17.1 Å². The molecule has 19 heavy (non-hydrogen) atoms. The Kier molecular flexibility index (Phi) is 3.82. The summed E-state index contributed by atoms with van der Waals surface area (Å²) in [4.78, 5) is 11.3. The van der Waals surface area contributed by atoms with E-state index in [1.807, 2.05) is 31.2 Å². The van der Waals surface area contributed by atoms with Gasteiger partial charge in [-0.25, -0.2) is 0 Å². The van der Waals surface area contributed by atoms with E-state index in [2.05, 4.69) is 0 Å². The van der Waals surface area contributed by atoms with Crippen molar-refractivity contribution in [3.05, 3.63) is 59.7 Å². The summed E-state index contributed by atoms with van der Waals surface area (Å²) in [5, 5.41) is 0. The molecule has 0 bridgehead atoms. The number of ether oxygens (including phenoxy) is 1. The Bertz CT molecular complexity index is 577. The number of nitrogens with two attached hydrogens (primary N) is 2. The van der Waals surface area contributed by atoms with E-state index in [9.17, 15) is 4.79 Å². The van der Waals surface area contributed by atoms with Crippen LogP contribution in [0.25, 0.3) is 0 Å². The lowest BCUT2D eigenvalue weighted by Crippen LogP contribution is -2.12. The topological polar surface area (TPSA) is 78.3 Å². The van der Waals surface area contributed by atoms with Crippen LogP contribution in [0.1, 0.15) is 28.9 Å². The van der Waals surface area contributed by atoms with Crippen LogP contribution in [0, 0.1) is 0 Å². The molecule has 2 rings (SSSR count). The van der Waals surface area contributed by atoms with Gasteiger partial charge in [0.2, 0.25) is 0 Å². The number of primary amides is 1. The summed E-state index contributed by atoms with van der Waals surface area (Å²) in [5.74, 6) is 0.574. The van der Waals surface area contributed by atoms with Crippen molar-refractivity contribution in [2.24, 2.45) is 11.5 Å². The van der Waals surface area contributed by atoms with Crippen molar-refractivity contribution in [3.63, 3.8) is 0 Å². The van der Waals surface area contributed by atoms with Crippen LogP contribution < -0.4 is 16.2 Å². The Labute approximate surface area is 112 Å². The van der Waals surface area contributed by atoms with Crippen LogP contribution in [-0.2, 0) is 0 Å². The predicted octanol–water partition coefficient (Wildman–Crippen LogP) is 2.60. The van der Waals surface area contributed by atoms with Crippen LogP contribution >= 0.6 is 0 Å². The van der Waals surface area contributed by atoms with Crippen molar-refractivity contribution in [1.29, 1.82) is 0 Å². The lowest BCUT2D eigenvalue weighted by molar-refractivity contribution is 0.0998.